The molecule has 0 amide bonds. The van der Waals surface area contributed by atoms with E-state index in [0.717, 1.165) is 5.71 Å². The molecule has 1 heterocycles. The monoisotopic (exact) mass is 337 g/mol. The number of carbonyl (C=O) groups is 2. The average molecular weight is 337 g/mol. The summed E-state index contributed by atoms with van der Waals surface area (Å²) in [5.74, 6) is -0.466. The van der Waals surface area contributed by atoms with Gasteiger partial charge in [0, 0.05) is 17.3 Å². The Morgan fingerprint density at radius 1 is 1.08 bits per heavy atom. The number of hydrogen-bond acceptors (Lipinski definition) is 5. The first-order valence-electron chi connectivity index (χ1n) is 8.55. The molecular weight excluding hydrogens is 306 g/mol. The third-order valence-corrected chi connectivity index (χ3v) is 4.71. The van der Waals surface area contributed by atoms with Gasteiger partial charge in [0.1, 0.15) is 5.41 Å². The highest BCUT2D eigenvalue weighted by Crippen LogP contribution is 2.48. The van der Waals surface area contributed by atoms with E-state index in [-0.39, 0.29) is 17.8 Å². The van der Waals surface area contributed by atoms with Crippen molar-refractivity contribution in [3.05, 3.63) is 11.3 Å². The lowest BCUT2D eigenvalue weighted by molar-refractivity contribution is -0.152. The molecule has 0 aromatic heterocycles. The molecule has 1 aliphatic rings. The number of rotatable bonds is 6. The lowest BCUT2D eigenvalue weighted by Gasteiger charge is -2.43. The van der Waals surface area contributed by atoms with Gasteiger partial charge in [0.05, 0.1) is 19.8 Å². The third-order valence-electron chi connectivity index (χ3n) is 4.71. The Hall–Kier alpha value is -1.65. The molecule has 0 aromatic rings. The average Bonchev–Trinajstić information content (AvgIpc) is 2.48. The lowest BCUT2D eigenvalue weighted by Crippen LogP contribution is -2.50. The second kappa shape index (κ2) is 7.95. The Balaban J connectivity index is 3.67. The first-order valence-corrected chi connectivity index (χ1v) is 8.55. The fourth-order valence-electron chi connectivity index (χ4n) is 3.84. The van der Waals surface area contributed by atoms with Crippen molar-refractivity contribution in [3.63, 3.8) is 0 Å². The summed E-state index contributed by atoms with van der Waals surface area (Å²) in [6.07, 6.45) is 1.27. The molecule has 0 fully saturated rings. The van der Waals surface area contributed by atoms with Gasteiger partial charge in [-0.3, -0.25) is 9.79 Å². The SMILES string of the molecule is COC(=O)C1=C(C)N=C(C)C(CC(C)C)(C(=O)OC)C1CC(C)C. The molecule has 0 N–H and O–H groups in total. The minimum absolute atomic E-state index is 0.251. The van der Waals surface area contributed by atoms with Crippen molar-refractivity contribution >= 4 is 17.7 Å². The standard InChI is InChI=1S/C19H31NO4/c1-11(2)9-15-16(17(21)23-7)13(5)20-14(6)19(15,10-12(3)4)18(22)24-8/h11-12,15H,9-10H2,1-8H3. The highest BCUT2D eigenvalue weighted by Gasteiger charge is 2.54. The van der Waals surface area contributed by atoms with E-state index in [9.17, 15) is 9.59 Å². The second-order valence-electron chi connectivity index (χ2n) is 7.43. The molecule has 0 aromatic carbocycles. The van der Waals surface area contributed by atoms with Crippen LogP contribution in [0.1, 0.15) is 54.4 Å². The van der Waals surface area contributed by atoms with Gasteiger partial charge in [0.25, 0.3) is 0 Å². The van der Waals surface area contributed by atoms with Crippen LogP contribution in [0.5, 0.6) is 0 Å². The molecule has 0 bridgehead atoms. The molecule has 136 valence electrons. The van der Waals surface area contributed by atoms with E-state index in [0.29, 0.717) is 30.0 Å². The zero-order chi connectivity index (χ0) is 18.7. The van der Waals surface area contributed by atoms with Gasteiger partial charge in [-0.25, -0.2) is 4.79 Å². The van der Waals surface area contributed by atoms with Crippen LogP contribution < -0.4 is 0 Å². The van der Waals surface area contributed by atoms with Gasteiger partial charge in [-0.15, -0.1) is 0 Å². The summed E-state index contributed by atoms with van der Waals surface area (Å²) in [6.45, 7) is 12.0. The summed E-state index contributed by atoms with van der Waals surface area (Å²) in [6, 6.07) is 0. The molecule has 0 aliphatic carbocycles. The van der Waals surface area contributed by atoms with Gasteiger partial charge < -0.3 is 9.47 Å². The molecule has 5 heteroatoms. The first-order chi connectivity index (χ1) is 11.1. The van der Waals surface area contributed by atoms with Crippen molar-refractivity contribution in [2.75, 3.05) is 14.2 Å². The Morgan fingerprint density at radius 2 is 1.67 bits per heavy atom. The normalized spacial score (nSPS) is 24.2. The van der Waals surface area contributed by atoms with Gasteiger partial charge in [-0.05, 0) is 38.5 Å². The van der Waals surface area contributed by atoms with Crippen LogP contribution in [0.3, 0.4) is 0 Å². The number of carbonyl (C=O) groups excluding carboxylic acids is 2. The van der Waals surface area contributed by atoms with Crippen LogP contribution in [0.15, 0.2) is 16.3 Å². The van der Waals surface area contributed by atoms with E-state index in [1.807, 2.05) is 6.92 Å². The highest BCUT2D eigenvalue weighted by atomic mass is 16.5. The Bertz CT molecular complexity index is 560. The summed E-state index contributed by atoms with van der Waals surface area (Å²) < 4.78 is 10.2. The van der Waals surface area contributed by atoms with E-state index in [4.69, 9.17) is 9.47 Å². The number of hydrogen-bond donors (Lipinski definition) is 0. The van der Waals surface area contributed by atoms with Crippen LogP contribution in [0, 0.1) is 23.2 Å². The van der Waals surface area contributed by atoms with Crippen LogP contribution in [-0.2, 0) is 19.1 Å². The van der Waals surface area contributed by atoms with Crippen LogP contribution >= 0.6 is 0 Å². The summed E-state index contributed by atoms with van der Waals surface area (Å²) in [5, 5.41) is 0. The molecular formula is C19H31NO4. The van der Waals surface area contributed by atoms with Gasteiger partial charge >= 0.3 is 11.9 Å². The Morgan fingerprint density at radius 3 is 2.08 bits per heavy atom. The van der Waals surface area contributed by atoms with E-state index in [1.165, 1.54) is 14.2 Å². The van der Waals surface area contributed by atoms with E-state index >= 15 is 0 Å². The molecule has 0 saturated heterocycles. The van der Waals surface area contributed by atoms with E-state index in [1.54, 1.807) is 6.92 Å². The molecule has 0 radical (unpaired) electrons. The minimum Gasteiger partial charge on any atom is -0.468 e. The maximum Gasteiger partial charge on any atom is 0.335 e. The number of esters is 2. The van der Waals surface area contributed by atoms with E-state index in [2.05, 4.69) is 32.7 Å². The zero-order valence-corrected chi connectivity index (χ0v) is 16.2. The zero-order valence-electron chi connectivity index (χ0n) is 16.2. The van der Waals surface area contributed by atoms with Crippen molar-refractivity contribution < 1.29 is 19.1 Å². The molecule has 0 spiro atoms. The summed E-state index contributed by atoms with van der Waals surface area (Å²) >= 11 is 0. The molecule has 1 rings (SSSR count). The van der Waals surface area contributed by atoms with Crippen molar-refractivity contribution in [1.29, 1.82) is 0 Å². The summed E-state index contributed by atoms with van der Waals surface area (Å²) in [7, 11) is 2.76. The van der Waals surface area contributed by atoms with Crippen LogP contribution in [0.25, 0.3) is 0 Å². The number of methoxy groups -OCH3 is 2. The maximum absolute atomic E-state index is 12.9. The van der Waals surface area contributed by atoms with Crippen LogP contribution in [0.4, 0.5) is 0 Å². The van der Waals surface area contributed by atoms with Gasteiger partial charge in [-0.2, -0.15) is 0 Å². The van der Waals surface area contributed by atoms with Gasteiger partial charge in [0.2, 0.25) is 0 Å². The number of nitrogens with zero attached hydrogens (tertiary/aromatic N) is 1. The van der Waals surface area contributed by atoms with Crippen molar-refractivity contribution in [2.24, 2.45) is 28.2 Å². The smallest absolute Gasteiger partial charge is 0.335 e. The van der Waals surface area contributed by atoms with Gasteiger partial charge in [0.15, 0.2) is 0 Å². The lowest BCUT2D eigenvalue weighted by atomic mass is 9.61. The van der Waals surface area contributed by atoms with E-state index < -0.39 is 11.4 Å². The predicted molar refractivity (Wildman–Crippen MR) is 94.7 cm³/mol. The Labute approximate surface area is 145 Å². The fourth-order valence-corrected chi connectivity index (χ4v) is 3.84. The van der Waals surface area contributed by atoms with Crippen LogP contribution in [-0.4, -0.2) is 31.9 Å². The number of ether oxygens (including phenoxy) is 2. The molecule has 24 heavy (non-hydrogen) atoms. The Kier molecular flexibility index (Phi) is 6.76. The maximum atomic E-state index is 12.9. The summed E-state index contributed by atoms with van der Waals surface area (Å²) in [4.78, 5) is 29.9. The minimum atomic E-state index is -0.920. The fraction of sp³-hybridized carbons (Fsp3) is 0.737. The predicted octanol–water partition coefficient (Wildman–Crippen LogP) is 3.78. The molecule has 5 nitrogen and oxygen atoms in total. The second-order valence-corrected chi connectivity index (χ2v) is 7.43. The highest BCUT2D eigenvalue weighted by molar-refractivity contribution is 6.09. The van der Waals surface area contributed by atoms with Crippen molar-refractivity contribution in [3.8, 4) is 0 Å². The van der Waals surface area contributed by atoms with Gasteiger partial charge in [-0.1, -0.05) is 27.7 Å². The summed E-state index contributed by atoms with van der Waals surface area (Å²) in [5.41, 5.74) is 0.936. The molecule has 0 saturated carbocycles. The topological polar surface area (TPSA) is 65.0 Å². The molecule has 2 unspecified atom stereocenters. The number of aliphatic imine (C=N–C) groups is 1. The third kappa shape index (κ3) is 3.70. The molecule has 2 atom stereocenters. The number of allylic oxidation sites excluding steroid dienone is 1. The largest absolute Gasteiger partial charge is 0.468 e. The van der Waals surface area contributed by atoms with Crippen molar-refractivity contribution in [2.45, 2.75) is 54.4 Å². The van der Waals surface area contributed by atoms with Crippen molar-refractivity contribution in [1.82, 2.24) is 0 Å². The first kappa shape index (κ1) is 20.4. The quantitative estimate of drug-likeness (QED) is 0.692. The van der Waals surface area contributed by atoms with Crippen LogP contribution in [0.2, 0.25) is 0 Å². The molecule has 1 aliphatic heterocycles.